The summed E-state index contributed by atoms with van der Waals surface area (Å²) in [6.07, 6.45) is 5.38. The van der Waals surface area contributed by atoms with Crippen molar-refractivity contribution in [2.75, 3.05) is 0 Å². The highest BCUT2D eigenvalue weighted by Crippen LogP contribution is 2.29. The molecule has 3 N–H and O–H groups in total. The molecule has 0 spiro atoms. The number of hydrogen-bond donors (Lipinski definition) is 2. The van der Waals surface area contributed by atoms with E-state index in [4.69, 9.17) is 10.3 Å². The second kappa shape index (κ2) is 4.84. The molecule has 4 nitrogen and oxygen atoms in total. The van der Waals surface area contributed by atoms with Gasteiger partial charge in [-0.15, -0.1) is 0 Å². The summed E-state index contributed by atoms with van der Waals surface area (Å²) in [7, 11) is 0. The van der Waals surface area contributed by atoms with Gasteiger partial charge in [0.05, 0.1) is 12.3 Å². The Kier molecular flexibility index (Phi) is 3.03. The number of nitrogens with two attached hydrogens (primary N) is 1. The maximum absolute atomic E-state index is 5.74. The van der Waals surface area contributed by atoms with E-state index in [1.54, 1.807) is 6.26 Å². The third-order valence-corrected chi connectivity index (χ3v) is 3.39. The van der Waals surface area contributed by atoms with Crippen LogP contribution in [0.5, 0.6) is 0 Å². The van der Waals surface area contributed by atoms with E-state index in [0.29, 0.717) is 0 Å². The first kappa shape index (κ1) is 11.9. The average molecular weight is 253 g/mol. The lowest BCUT2D eigenvalue weighted by Crippen LogP contribution is -2.29. The van der Waals surface area contributed by atoms with E-state index in [1.807, 2.05) is 43.6 Å². The van der Waals surface area contributed by atoms with Crippen LogP contribution in [0, 0.1) is 6.92 Å². The van der Waals surface area contributed by atoms with Crippen molar-refractivity contribution in [2.24, 2.45) is 5.84 Å². The molecule has 0 fully saturated rings. The van der Waals surface area contributed by atoms with Gasteiger partial charge in [-0.3, -0.25) is 10.8 Å². The molecule has 1 aromatic carbocycles. The van der Waals surface area contributed by atoms with Gasteiger partial charge >= 0.3 is 0 Å². The Labute approximate surface area is 111 Å². The number of hydrazine groups is 1. The first-order chi connectivity index (χ1) is 9.31. The minimum atomic E-state index is -0.127. The second-order valence-corrected chi connectivity index (χ2v) is 4.48. The van der Waals surface area contributed by atoms with Gasteiger partial charge in [0.25, 0.3) is 0 Å². The van der Waals surface area contributed by atoms with Gasteiger partial charge in [-0.25, -0.2) is 5.43 Å². The highest BCUT2D eigenvalue weighted by Gasteiger charge is 2.18. The van der Waals surface area contributed by atoms with Crippen molar-refractivity contribution in [3.8, 4) is 0 Å². The summed E-state index contributed by atoms with van der Waals surface area (Å²) in [5.74, 6) is 6.59. The van der Waals surface area contributed by atoms with E-state index in [2.05, 4.69) is 16.5 Å². The highest BCUT2D eigenvalue weighted by molar-refractivity contribution is 5.85. The zero-order valence-electron chi connectivity index (χ0n) is 10.6. The Balaban J connectivity index is 2.20. The van der Waals surface area contributed by atoms with Crippen LogP contribution in [-0.2, 0) is 0 Å². The third-order valence-electron chi connectivity index (χ3n) is 3.39. The van der Waals surface area contributed by atoms with Crippen molar-refractivity contribution in [2.45, 2.75) is 13.0 Å². The fraction of sp³-hybridized carbons (Fsp3) is 0.133. The van der Waals surface area contributed by atoms with Gasteiger partial charge in [-0.1, -0.05) is 24.3 Å². The van der Waals surface area contributed by atoms with Crippen LogP contribution in [0.2, 0.25) is 0 Å². The molecule has 0 aliphatic heterocycles. The van der Waals surface area contributed by atoms with Crippen LogP contribution in [0.4, 0.5) is 0 Å². The van der Waals surface area contributed by atoms with Crippen LogP contribution in [0.25, 0.3) is 10.8 Å². The fourth-order valence-electron chi connectivity index (χ4n) is 2.41. The summed E-state index contributed by atoms with van der Waals surface area (Å²) in [6, 6.07) is 9.94. The minimum absolute atomic E-state index is 0.127. The van der Waals surface area contributed by atoms with Crippen molar-refractivity contribution >= 4 is 10.8 Å². The molecule has 19 heavy (non-hydrogen) atoms. The average Bonchev–Trinajstić information content (AvgIpc) is 2.86. The van der Waals surface area contributed by atoms with Crippen LogP contribution >= 0.6 is 0 Å². The van der Waals surface area contributed by atoms with Crippen molar-refractivity contribution in [1.82, 2.24) is 10.4 Å². The zero-order valence-corrected chi connectivity index (χ0v) is 10.6. The molecule has 3 rings (SSSR count). The van der Waals surface area contributed by atoms with E-state index < -0.39 is 0 Å². The van der Waals surface area contributed by atoms with Gasteiger partial charge in [-0.2, -0.15) is 0 Å². The molecule has 96 valence electrons. The first-order valence-corrected chi connectivity index (χ1v) is 6.14. The van der Waals surface area contributed by atoms with E-state index in [9.17, 15) is 0 Å². The highest BCUT2D eigenvalue weighted by atomic mass is 16.3. The predicted molar refractivity (Wildman–Crippen MR) is 74.4 cm³/mol. The topological polar surface area (TPSA) is 64.1 Å². The van der Waals surface area contributed by atoms with Gasteiger partial charge in [0.15, 0.2) is 0 Å². The van der Waals surface area contributed by atoms with Crippen LogP contribution < -0.4 is 11.3 Å². The predicted octanol–water partition coefficient (Wildman–Crippen LogP) is 2.69. The third kappa shape index (κ3) is 2.01. The quantitative estimate of drug-likeness (QED) is 0.556. The van der Waals surface area contributed by atoms with Crippen molar-refractivity contribution < 1.29 is 4.42 Å². The Morgan fingerprint density at radius 3 is 2.74 bits per heavy atom. The number of nitrogens with zero attached hydrogens (tertiary/aromatic N) is 1. The van der Waals surface area contributed by atoms with Crippen molar-refractivity contribution in [3.05, 3.63) is 65.9 Å². The fourth-order valence-corrected chi connectivity index (χ4v) is 2.41. The molecule has 0 amide bonds. The molecule has 2 heterocycles. The number of benzene rings is 1. The SMILES string of the molecule is Cc1occc1C(NN)c1cncc2ccccc12. The largest absolute Gasteiger partial charge is 0.469 e. The van der Waals surface area contributed by atoms with Gasteiger partial charge < -0.3 is 4.42 Å². The first-order valence-electron chi connectivity index (χ1n) is 6.14. The van der Waals surface area contributed by atoms with Crippen LogP contribution in [-0.4, -0.2) is 4.98 Å². The molecule has 0 radical (unpaired) electrons. The minimum Gasteiger partial charge on any atom is -0.469 e. The summed E-state index contributed by atoms with van der Waals surface area (Å²) in [4.78, 5) is 4.30. The maximum Gasteiger partial charge on any atom is 0.105 e. The van der Waals surface area contributed by atoms with Crippen LogP contribution in [0.15, 0.2) is 53.4 Å². The summed E-state index contributed by atoms with van der Waals surface area (Å²) < 4.78 is 5.36. The smallest absolute Gasteiger partial charge is 0.105 e. The van der Waals surface area contributed by atoms with E-state index in [1.165, 1.54) is 0 Å². The summed E-state index contributed by atoms with van der Waals surface area (Å²) in [5.41, 5.74) is 4.93. The molecule has 2 aromatic heterocycles. The van der Waals surface area contributed by atoms with Gasteiger partial charge in [0.1, 0.15) is 5.76 Å². The Bertz CT molecular complexity index is 700. The molecule has 0 aliphatic carbocycles. The van der Waals surface area contributed by atoms with E-state index in [-0.39, 0.29) is 6.04 Å². The molecule has 4 heteroatoms. The molecule has 0 bridgehead atoms. The van der Waals surface area contributed by atoms with Crippen LogP contribution in [0.1, 0.15) is 22.9 Å². The standard InChI is InChI=1S/C15H15N3O/c1-10-12(6-7-19-10)15(18-16)14-9-17-8-11-4-2-3-5-13(11)14/h2-9,15,18H,16H2,1H3. The number of aromatic nitrogens is 1. The van der Waals surface area contributed by atoms with E-state index >= 15 is 0 Å². The lowest BCUT2D eigenvalue weighted by molar-refractivity contribution is 0.520. The molecule has 0 aliphatic rings. The number of aryl methyl sites for hydroxylation is 1. The molecule has 1 atom stereocenters. The Morgan fingerprint density at radius 2 is 2.00 bits per heavy atom. The maximum atomic E-state index is 5.74. The normalized spacial score (nSPS) is 12.7. The molecule has 1 unspecified atom stereocenters. The number of rotatable bonds is 3. The summed E-state index contributed by atoms with van der Waals surface area (Å²) in [5, 5.41) is 2.24. The molecular weight excluding hydrogens is 238 g/mol. The number of nitrogens with one attached hydrogen (secondary N) is 1. The van der Waals surface area contributed by atoms with Crippen molar-refractivity contribution in [3.63, 3.8) is 0 Å². The molecule has 0 saturated heterocycles. The number of pyridine rings is 1. The lowest BCUT2D eigenvalue weighted by Gasteiger charge is -2.17. The van der Waals surface area contributed by atoms with Crippen LogP contribution in [0.3, 0.4) is 0 Å². The summed E-state index contributed by atoms with van der Waals surface area (Å²) >= 11 is 0. The van der Waals surface area contributed by atoms with Gasteiger partial charge in [0, 0.05) is 28.9 Å². The molecule has 3 aromatic rings. The Hall–Kier alpha value is -2.17. The zero-order chi connectivity index (χ0) is 13.2. The number of fused-ring (bicyclic) bond motifs is 1. The Morgan fingerprint density at radius 1 is 1.16 bits per heavy atom. The molecular formula is C15H15N3O. The van der Waals surface area contributed by atoms with E-state index in [0.717, 1.165) is 27.7 Å². The molecule has 0 saturated carbocycles. The monoisotopic (exact) mass is 253 g/mol. The summed E-state index contributed by atoms with van der Waals surface area (Å²) in [6.45, 7) is 1.93. The second-order valence-electron chi connectivity index (χ2n) is 4.48. The van der Waals surface area contributed by atoms with Crippen molar-refractivity contribution in [1.29, 1.82) is 0 Å². The number of hydrogen-bond acceptors (Lipinski definition) is 4. The van der Waals surface area contributed by atoms with Gasteiger partial charge in [0.2, 0.25) is 0 Å². The number of furan rings is 1. The van der Waals surface area contributed by atoms with Gasteiger partial charge in [-0.05, 0) is 18.4 Å². The lowest BCUT2D eigenvalue weighted by atomic mass is 9.96.